The molecule has 0 aliphatic carbocycles. The number of hydrogen-bond acceptors (Lipinski definition) is 3. The van der Waals surface area contributed by atoms with Gasteiger partial charge in [0.15, 0.2) is 0 Å². The van der Waals surface area contributed by atoms with Gasteiger partial charge >= 0.3 is 0 Å². The summed E-state index contributed by atoms with van der Waals surface area (Å²) in [7, 11) is 0. The molecule has 4 nitrogen and oxygen atoms in total. The average Bonchev–Trinajstić information content (AvgIpc) is 2.67. The van der Waals surface area contributed by atoms with Gasteiger partial charge in [0.25, 0.3) is 0 Å². The zero-order chi connectivity index (χ0) is 19.9. The molecule has 2 heterocycles. The Morgan fingerprint density at radius 3 is 2.32 bits per heavy atom. The fraction of sp³-hybridized carbons (Fsp3) is 0.708. The molecule has 0 saturated carbocycles. The zero-order valence-corrected chi connectivity index (χ0v) is 18.1. The van der Waals surface area contributed by atoms with Gasteiger partial charge in [-0.2, -0.15) is 0 Å². The van der Waals surface area contributed by atoms with E-state index in [0.29, 0.717) is 0 Å². The Hall–Kier alpha value is -1.39. The van der Waals surface area contributed by atoms with Crippen molar-refractivity contribution in [3.05, 3.63) is 35.4 Å². The molecular weight excluding hydrogens is 346 g/mol. The van der Waals surface area contributed by atoms with E-state index in [4.69, 9.17) is 0 Å². The van der Waals surface area contributed by atoms with Crippen LogP contribution >= 0.6 is 0 Å². The molecule has 28 heavy (non-hydrogen) atoms. The first kappa shape index (κ1) is 21.3. The van der Waals surface area contributed by atoms with Gasteiger partial charge in [-0.1, -0.05) is 43.7 Å². The quantitative estimate of drug-likeness (QED) is 0.727. The topological polar surface area (TPSA) is 35.6 Å². The van der Waals surface area contributed by atoms with Crippen molar-refractivity contribution >= 4 is 5.91 Å². The Bertz CT molecular complexity index is 597. The summed E-state index contributed by atoms with van der Waals surface area (Å²) in [6, 6.07) is 8.80. The van der Waals surface area contributed by atoms with Crippen molar-refractivity contribution in [2.24, 2.45) is 17.8 Å². The molecule has 0 unspecified atom stereocenters. The maximum atomic E-state index is 12.5. The highest BCUT2D eigenvalue weighted by Crippen LogP contribution is 2.21. The Labute approximate surface area is 171 Å². The summed E-state index contributed by atoms with van der Waals surface area (Å²) in [6.45, 7) is 14.3. The minimum Gasteiger partial charge on any atom is -0.356 e. The Balaban J connectivity index is 1.30. The second-order valence-electron chi connectivity index (χ2n) is 9.39. The van der Waals surface area contributed by atoms with Crippen LogP contribution in [0.3, 0.4) is 0 Å². The highest BCUT2D eigenvalue weighted by atomic mass is 16.1. The van der Waals surface area contributed by atoms with Crippen molar-refractivity contribution < 1.29 is 4.79 Å². The largest absolute Gasteiger partial charge is 0.356 e. The molecule has 4 heteroatoms. The van der Waals surface area contributed by atoms with Gasteiger partial charge in [0.2, 0.25) is 5.91 Å². The second kappa shape index (κ2) is 10.4. The SMILES string of the molecule is Cc1ccc(CN2CCC(C(=O)NCCCN3C[C@H](C)C[C@@H](C)C3)CC2)cc1. The lowest BCUT2D eigenvalue weighted by Gasteiger charge is -2.35. The summed E-state index contributed by atoms with van der Waals surface area (Å²) in [5.41, 5.74) is 2.68. The predicted molar refractivity (Wildman–Crippen MR) is 116 cm³/mol. The van der Waals surface area contributed by atoms with Crippen molar-refractivity contribution in [1.29, 1.82) is 0 Å². The molecular formula is C24H39N3O. The number of amides is 1. The lowest BCUT2D eigenvalue weighted by Crippen LogP contribution is -2.42. The highest BCUT2D eigenvalue weighted by molar-refractivity contribution is 5.78. The van der Waals surface area contributed by atoms with Crippen LogP contribution in [0.25, 0.3) is 0 Å². The molecule has 3 rings (SSSR count). The van der Waals surface area contributed by atoms with Crippen molar-refractivity contribution in [1.82, 2.24) is 15.1 Å². The minimum absolute atomic E-state index is 0.198. The lowest BCUT2D eigenvalue weighted by atomic mass is 9.92. The summed E-state index contributed by atoms with van der Waals surface area (Å²) in [5.74, 6) is 2.09. The number of benzene rings is 1. The molecule has 1 aromatic rings. The van der Waals surface area contributed by atoms with Crippen molar-refractivity contribution in [2.75, 3.05) is 39.3 Å². The van der Waals surface area contributed by atoms with Crippen LogP contribution in [0.1, 0.15) is 50.7 Å². The first-order valence-corrected chi connectivity index (χ1v) is 11.3. The van der Waals surface area contributed by atoms with Crippen molar-refractivity contribution in [3.8, 4) is 0 Å². The monoisotopic (exact) mass is 385 g/mol. The number of rotatable bonds is 7. The van der Waals surface area contributed by atoms with E-state index in [1.54, 1.807) is 0 Å². The maximum Gasteiger partial charge on any atom is 0.223 e. The molecule has 156 valence electrons. The molecule has 2 aliphatic heterocycles. The van der Waals surface area contributed by atoms with E-state index in [0.717, 1.165) is 63.8 Å². The lowest BCUT2D eigenvalue weighted by molar-refractivity contribution is -0.126. The summed E-state index contributed by atoms with van der Waals surface area (Å²) < 4.78 is 0. The molecule has 1 amide bonds. The van der Waals surface area contributed by atoms with Crippen LogP contribution in [-0.4, -0.2) is 55.0 Å². The van der Waals surface area contributed by atoms with Gasteiger partial charge in [0.05, 0.1) is 0 Å². The Morgan fingerprint density at radius 1 is 1.04 bits per heavy atom. The van der Waals surface area contributed by atoms with Crippen LogP contribution in [0.5, 0.6) is 0 Å². The van der Waals surface area contributed by atoms with Gasteiger partial charge < -0.3 is 10.2 Å². The number of hydrogen-bond donors (Lipinski definition) is 1. The predicted octanol–water partition coefficient (Wildman–Crippen LogP) is 3.69. The summed E-state index contributed by atoms with van der Waals surface area (Å²) in [6.07, 6.45) is 4.39. The second-order valence-corrected chi connectivity index (χ2v) is 9.39. The minimum atomic E-state index is 0.198. The first-order valence-electron chi connectivity index (χ1n) is 11.3. The average molecular weight is 386 g/mol. The molecule has 2 fully saturated rings. The smallest absolute Gasteiger partial charge is 0.223 e. The normalized spacial score (nSPS) is 25.0. The van der Waals surface area contributed by atoms with Crippen LogP contribution in [0.15, 0.2) is 24.3 Å². The van der Waals surface area contributed by atoms with Crippen LogP contribution in [-0.2, 0) is 11.3 Å². The molecule has 2 saturated heterocycles. The van der Waals surface area contributed by atoms with Gasteiger partial charge in [-0.25, -0.2) is 0 Å². The van der Waals surface area contributed by atoms with Gasteiger partial charge in [-0.15, -0.1) is 0 Å². The van der Waals surface area contributed by atoms with Gasteiger partial charge in [0.1, 0.15) is 0 Å². The first-order chi connectivity index (χ1) is 13.5. The third-order valence-electron chi connectivity index (χ3n) is 6.38. The summed E-state index contributed by atoms with van der Waals surface area (Å²) in [5, 5.41) is 3.20. The molecule has 2 aliphatic rings. The molecule has 0 radical (unpaired) electrons. The number of carbonyl (C=O) groups is 1. The van der Waals surface area contributed by atoms with Crippen molar-refractivity contribution in [2.45, 2.75) is 53.0 Å². The fourth-order valence-electron chi connectivity index (χ4n) is 4.94. The standard InChI is InChI=1S/C24H39N3O/c1-19-5-7-22(8-6-19)18-26-13-9-23(10-14-26)24(28)25-11-4-12-27-16-20(2)15-21(3)17-27/h5-8,20-21,23H,4,9-18H2,1-3H3,(H,25,28)/t20-,21-/m1/s1. The molecule has 0 spiro atoms. The zero-order valence-electron chi connectivity index (χ0n) is 18.1. The number of nitrogens with one attached hydrogen (secondary N) is 1. The van der Waals surface area contributed by atoms with Crippen molar-refractivity contribution in [3.63, 3.8) is 0 Å². The molecule has 1 aromatic carbocycles. The third kappa shape index (κ3) is 6.59. The van der Waals surface area contributed by atoms with Gasteiger partial charge in [-0.3, -0.25) is 9.69 Å². The molecule has 1 N–H and O–H groups in total. The Morgan fingerprint density at radius 2 is 1.68 bits per heavy atom. The van der Waals surface area contributed by atoms with E-state index in [-0.39, 0.29) is 11.8 Å². The van der Waals surface area contributed by atoms with Crippen LogP contribution in [0, 0.1) is 24.7 Å². The number of nitrogens with zero attached hydrogens (tertiary/aromatic N) is 2. The number of likely N-dealkylation sites (tertiary alicyclic amines) is 2. The highest BCUT2D eigenvalue weighted by Gasteiger charge is 2.25. The van der Waals surface area contributed by atoms with Crippen LogP contribution < -0.4 is 5.32 Å². The fourth-order valence-corrected chi connectivity index (χ4v) is 4.94. The van der Waals surface area contributed by atoms with E-state index >= 15 is 0 Å². The number of aryl methyl sites for hydroxylation is 1. The van der Waals surface area contributed by atoms with E-state index in [9.17, 15) is 4.79 Å². The molecule has 2 atom stereocenters. The summed E-state index contributed by atoms with van der Waals surface area (Å²) in [4.78, 5) is 17.6. The number of piperidine rings is 2. The summed E-state index contributed by atoms with van der Waals surface area (Å²) >= 11 is 0. The Kier molecular flexibility index (Phi) is 7.92. The van der Waals surface area contributed by atoms with E-state index in [1.165, 1.54) is 30.6 Å². The van der Waals surface area contributed by atoms with Crippen LogP contribution in [0.2, 0.25) is 0 Å². The van der Waals surface area contributed by atoms with E-state index < -0.39 is 0 Å². The van der Waals surface area contributed by atoms with E-state index in [2.05, 4.69) is 60.2 Å². The van der Waals surface area contributed by atoms with Crippen LogP contribution in [0.4, 0.5) is 0 Å². The molecule has 0 bridgehead atoms. The maximum absolute atomic E-state index is 12.5. The van der Waals surface area contributed by atoms with E-state index in [1.807, 2.05) is 0 Å². The third-order valence-corrected chi connectivity index (χ3v) is 6.38. The molecule has 0 aromatic heterocycles. The van der Waals surface area contributed by atoms with Gasteiger partial charge in [0, 0.05) is 32.1 Å². The van der Waals surface area contributed by atoms with Gasteiger partial charge in [-0.05, 0) is 69.6 Å². The number of carbonyl (C=O) groups excluding carboxylic acids is 1.